The molecule has 3 rings (SSSR count). The molecule has 0 aromatic heterocycles. The lowest BCUT2D eigenvalue weighted by Gasteiger charge is -2.44. The molecule has 1 fully saturated rings. The first-order valence-corrected chi connectivity index (χ1v) is 8.72. The number of carbonyl (C=O) groups is 2. The van der Waals surface area contributed by atoms with Crippen LogP contribution in [0.3, 0.4) is 0 Å². The number of hydrogen-bond acceptors (Lipinski definition) is 6. The number of phenols is 1. The Balaban J connectivity index is 1.92. The van der Waals surface area contributed by atoms with Crippen LogP contribution in [-0.4, -0.2) is 48.6 Å². The summed E-state index contributed by atoms with van der Waals surface area (Å²) in [6.45, 7) is 0. The van der Waals surface area contributed by atoms with Crippen molar-refractivity contribution in [3.05, 3.63) is 47.5 Å². The Morgan fingerprint density at radius 1 is 1.11 bits per heavy atom. The third-order valence-electron chi connectivity index (χ3n) is 4.43. The van der Waals surface area contributed by atoms with E-state index in [9.17, 15) is 14.7 Å². The average molecular weight is 407 g/mol. The number of β-lactam (4-membered cyclic amide) rings is 1. The third kappa shape index (κ3) is 3.27. The smallest absolute Gasteiger partial charge is 0.273 e. The van der Waals surface area contributed by atoms with Crippen LogP contribution in [0.1, 0.15) is 22.0 Å². The van der Waals surface area contributed by atoms with Gasteiger partial charge in [-0.25, -0.2) is 5.01 Å². The molecule has 2 atom stereocenters. The van der Waals surface area contributed by atoms with Crippen LogP contribution >= 0.6 is 11.6 Å². The third-order valence-corrected chi connectivity index (χ3v) is 4.85. The highest BCUT2D eigenvalue weighted by molar-refractivity contribution is 6.33. The van der Waals surface area contributed by atoms with Gasteiger partial charge in [-0.15, -0.1) is 11.6 Å². The number of benzene rings is 2. The molecule has 2 aromatic rings. The van der Waals surface area contributed by atoms with E-state index in [1.54, 1.807) is 24.3 Å². The summed E-state index contributed by atoms with van der Waals surface area (Å²) in [4.78, 5) is 24.7. The molecule has 28 heavy (non-hydrogen) atoms. The van der Waals surface area contributed by atoms with Crippen molar-refractivity contribution in [3.63, 3.8) is 0 Å². The Morgan fingerprint density at radius 3 is 2.25 bits per heavy atom. The van der Waals surface area contributed by atoms with Crippen molar-refractivity contribution >= 4 is 23.4 Å². The monoisotopic (exact) mass is 406 g/mol. The van der Waals surface area contributed by atoms with Gasteiger partial charge in [0.05, 0.1) is 26.9 Å². The Bertz CT molecular complexity index is 894. The van der Waals surface area contributed by atoms with Gasteiger partial charge in [-0.3, -0.25) is 15.0 Å². The lowest BCUT2D eigenvalue weighted by molar-refractivity contribution is -0.149. The second-order valence-electron chi connectivity index (χ2n) is 5.97. The number of aromatic hydroxyl groups is 1. The number of ether oxygens (including phenoxy) is 3. The van der Waals surface area contributed by atoms with Crippen LogP contribution in [0, 0.1) is 0 Å². The maximum Gasteiger partial charge on any atom is 0.273 e. The van der Waals surface area contributed by atoms with Gasteiger partial charge in [0.25, 0.3) is 11.8 Å². The highest BCUT2D eigenvalue weighted by atomic mass is 35.5. The number of hydrogen-bond donors (Lipinski definition) is 2. The van der Waals surface area contributed by atoms with Crippen molar-refractivity contribution in [2.45, 2.75) is 11.4 Å². The van der Waals surface area contributed by atoms with E-state index in [2.05, 4.69) is 5.43 Å². The van der Waals surface area contributed by atoms with E-state index in [0.29, 0.717) is 22.8 Å². The lowest BCUT2D eigenvalue weighted by atomic mass is 9.94. The van der Waals surface area contributed by atoms with E-state index in [1.165, 1.54) is 33.5 Å². The molecular formula is C19H19ClN2O6. The molecule has 0 saturated carbocycles. The topological polar surface area (TPSA) is 97.3 Å². The highest BCUT2D eigenvalue weighted by Crippen LogP contribution is 2.45. The summed E-state index contributed by atoms with van der Waals surface area (Å²) in [7, 11) is 4.43. The van der Waals surface area contributed by atoms with Gasteiger partial charge in [-0.05, 0) is 29.8 Å². The van der Waals surface area contributed by atoms with E-state index in [1.807, 2.05) is 0 Å². The second-order valence-corrected chi connectivity index (χ2v) is 6.44. The zero-order chi connectivity index (χ0) is 20.4. The molecule has 1 heterocycles. The lowest BCUT2D eigenvalue weighted by Crippen LogP contribution is -2.63. The molecular weight excluding hydrogens is 388 g/mol. The molecule has 1 aliphatic heterocycles. The van der Waals surface area contributed by atoms with Crippen molar-refractivity contribution in [1.82, 2.24) is 10.4 Å². The van der Waals surface area contributed by atoms with Gasteiger partial charge in [0.2, 0.25) is 5.75 Å². The largest absolute Gasteiger partial charge is 0.507 e. The summed E-state index contributed by atoms with van der Waals surface area (Å²) in [5.74, 6) is -0.106. The van der Waals surface area contributed by atoms with Crippen LogP contribution in [0.2, 0.25) is 0 Å². The number of methoxy groups -OCH3 is 3. The number of halogens is 1. The molecule has 2 aromatic carbocycles. The maximum absolute atomic E-state index is 12.5. The fourth-order valence-corrected chi connectivity index (χ4v) is 3.37. The van der Waals surface area contributed by atoms with Gasteiger partial charge in [0, 0.05) is 0 Å². The van der Waals surface area contributed by atoms with E-state index in [0.717, 1.165) is 5.01 Å². The Morgan fingerprint density at radius 2 is 1.71 bits per heavy atom. The number of nitrogens with zero attached hydrogens (tertiary/aromatic N) is 1. The summed E-state index contributed by atoms with van der Waals surface area (Å²) < 4.78 is 16.0. The first kappa shape index (κ1) is 19.6. The second kappa shape index (κ2) is 7.85. The number of alkyl halides is 1. The average Bonchev–Trinajstić information content (AvgIpc) is 2.72. The standard InChI is InChI=1S/C19H19ClN2O6/c1-26-13-8-10(9-14(27-2)17(13)28-3)16-15(20)19(25)22(16)21-18(24)11-6-4-5-7-12(11)23/h4-9,15-16,23H,1-3H3,(H,21,24)/t15-,16+/m0/s1. The molecule has 2 amide bonds. The van der Waals surface area contributed by atoms with Gasteiger partial charge in [0.15, 0.2) is 11.5 Å². The number of phenolic OH excluding ortho intramolecular Hbond substituents is 1. The van der Waals surface area contributed by atoms with Crippen molar-refractivity contribution in [1.29, 1.82) is 0 Å². The van der Waals surface area contributed by atoms with Gasteiger partial charge in [-0.2, -0.15) is 0 Å². The molecule has 1 saturated heterocycles. The minimum absolute atomic E-state index is 0.0389. The van der Waals surface area contributed by atoms with Crippen molar-refractivity contribution in [2.24, 2.45) is 0 Å². The minimum atomic E-state index is -0.882. The number of para-hydroxylation sites is 1. The van der Waals surface area contributed by atoms with Crippen LogP contribution in [0.25, 0.3) is 0 Å². The van der Waals surface area contributed by atoms with Crippen LogP contribution in [0.5, 0.6) is 23.0 Å². The van der Waals surface area contributed by atoms with Gasteiger partial charge >= 0.3 is 0 Å². The van der Waals surface area contributed by atoms with Crippen molar-refractivity contribution in [2.75, 3.05) is 21.3 Å². The van der Waals surface area contributed by atoms with E-state index < -0.39 is 23.2 Å². The van der Waals surface area contributed by atoms with Crippen LogP contribution in [-0.2, 0) is 4.79 Å². The zero-order valence-corrected chi connectivity index (χ0v) is 16.2. The number of nitrogens with one attached hydrogen (secondary N) is 1. The minimum Gasteiger partial charge on any atom is -0.507 e. The fourth-order valence-electron chi connectivity index (χ4n) is 3.00. The molecule has 8 nitrogen and oxygen atoms in total. The summed E-state index contributed by atoms with van der Waals surface area (Å²) in [6.07, 6.45) is 0. The van der Waals surface area contributed by atoms with Crippen LogP contribution < -0.4 is 19.6 Å². The molecule has 0 unspecified atom stereocenters. The summed E-state index contributed by atoms with van der Waals surface area (Å²) in [6, 6.07) is 8.69. The summed E-state index contributed by atoms with van der Waals surface area (Å²) in [5.41, 5.74) is 3.12. The number of hydrazine groups is 1. The van der Waals surface area contributed by atoms with Crippen molar-refractivity contribution < 1.29 is 28.9 Å². The van der Waals surface area contributed by atoms with E-state index >= 15 is 0 Å². The Labute approximate surface area is 166 Å². The fraction of sp³-hybridized carbons (Fsp3) is 0.263. The molecule has 9 heteroatoms. The summed E-state index contributed by atoms with van der Waals surface area (Å²) in [5, 5.41) is 10.1. The molecule has 1 aliphatic rings. The molecule has 0 spiro atoms. The van der Waals surface area contributed by atoms with Crippen LogP contribution in [0.15, 0.2) is 36.4 Å². The van der Waals surface area contributed by atoms with Gasteiger partial charge < -0.3 is 19.3 Å². The van der Waals surface area contributed by atoms with Gasteiger partial charge in [-0.1, -0.05) is 12.1 Å². The Kier molecular flexibility index (Phi) is 5.51. The number of rotatable bonds is 6. The number of amides is 2. The quantitative estimate of drug-likeness (QED) is 0.564. The molecule has 0 aliphatic carbocycles. The zero-order valence-electron chi connectivity index (χ0n) is 15.4. The maximum atomic E-state index is 12.5. The molecule has 0 radical (unpaired) electrons. The van der Waals surface area contributed by atoms with E-state index in [-0.39, 0.29) is 11.3 Å². The Hall–Kier alpha value is -3.13. The van der Waals surface area contributed by atoms with Crippen molar-refractivity contribution in [3.8, 4) is 23.0 Å². The normalized spacial score (nSPS) is 18.3. The first-order chi connectivity index (χ1) is 13.4. The first-order valence-electron chi connectivity index (χ1n) is 8.29. The SMILES string of the molecule is COc1cc([C@@H]2[C@H](Cl)C(=O)N2NC(=O)c2ccccc2O)cc(OC)c1OC. The molecule has 2 N–H and O–H groups in total. The van der Waals surface area contributed by atoms with Crippen LogP contribution in [0.4, 0.5) is 0 Å². The summed E-state index contributed by atoms with van der Waals surface area (Å²) >= 11 is 6.22. The predicted octanol–water partition coefficient (Wildman–Crippen LogP) is 2.25. The highest BCUT2D eigenvalue weighted by Gasteiger charge is 2.49. The van der Waals surface area contributed by atoms with Gasteiger partial charge in [0.1, 0.15) is 17.2 Å². The number of carbonyl (C=O) groups excluding carboxylic acids is 2. The molecule has 148 valence electrons. The van der Waals surface area contributed by atoms with E-state index in [4.69, 9.17) is 25.8 Å². The molecule has 0 bridgehead atoms. The predicted molar refractivity (Wildman–Crippen MR) is 101 cm³/mol.